The fourth-order valence-corrected chi connectivity index (χ4v) is 2.70. The summed E-state index contributed by atoms with van der Waals surface area (Å²) in [6.45, 7) is 1.11. The van der Waals surface area contributed by atoms with Gasteiger partial charge in [0, 0.05) is 26.4 Å². The second-order valence-electron chi connectivity index (χ2n) is 4.97. The Balaban J connectivity index is 2.10. The van der Waals surface area contributed by atoms with Gasteiger partial charge in [0.15, 0.2) is 5.75 Å². The van der Waals surface area contributed by atoms with Crippen LogP contribution in [-0.4, -0.2) is 50.5 Å². The van der Waals surface area contributed by atoms with Crippen LogP contribution in [0.25, 0.3) is 0 Å². The lowest BCUT2D eigenvalue weighted by Crippen LogP contribution is -2.32. The highest BCUT2D eigenvalue weighted by molar-refractivity contribution is 7.81. The van der Waals surface area contributed by atoms with E-state index in [2.05, 4.69) is 9.17 Å². The van der Waals surface area contributed by atoms with Crippen molar-refractivity contribution in [3.63, 3.8) is 0 Å². The SMILES string of the molecule is COC1CCCN(C(=O)c2cncc(OS(=O)(=O)F)c2)CC1. The van der Waals surface area contributed by atoms with E-state index in [9.17, 15) is 17.1 Å². The first kappa shape index (κ1) is 16.6. The van der Waals surface area contributed by atoms with E-state index >= 15 is 0 Å². The van der Waals surface area contributed by atoms with Crippen molar-refractivity contribution in [2.75, 3.05) is 20.2 Å². The van der Waals surface area contributed by atoms with Crippen LogP contribution >= 0.6 is 0 Å². The van der Waals surface area contributed by atoms with Gasteiger partial charge in [-0.3, -0.25) is 9.78 Å². The third-order valence-corrected chi connectivity index (χ3v) is 3.84. The summed E-state index contributed by atoms with van der Waals surface area (Å²) in [5.74, 6) is -0.635. The second-order valence-corrected chi connectivity index (χ2v) is 5.92. The molecule has 2 rings (SSSR count). The topological polar surface area (TPSA) is 85.8 Å². The average molecular weight is 332 g/mol. The molecule has 1 aromatic heterocycles. The normalized spacial score (nSPS) is 19.5. The lowest BCUT2D eigenvalue weighted by molar-refractivity contribution is 0.0722. The highest BCUT2D eigenvalue weighted by Crippen LogP contribution is 2.19. The number of carbonyl (C=O) groups is 1. The molecule has 0 radical (unpaired) electrons. The van der Waals surface area contributed by atoms with Crippen molar-refractivity contribution in [3.8, 4) is 5.75 Å². The largest absolute Gasteiger partial charge is 0.488 e. The fraction of sp³-hybridized carbons (Fsp3) is 0.538. The minimum Gasteiger partial charge on any atom is -0.381 e. The number of hydrogen-bond donors (Lipinski definition) is 0. The van der Waals surface area contributed by atoms with E-state index in [1.165, 1.54) is 6.20 Å². The molecule has 0 bridgehead atoms. The molecule has 0 N–H and O–H groups in total. The third kappa shape index (κ3) is 4.63. The maximum absolute atomic E-state index is 12.5. The minimum atomic E-state index is -5.14. The lowest BCUT2D eigenvalue weighted by Gasteiger charge is -2.20. The van der Waals surface area contributed by atoms with Gasteiger partial charge in [0.2, 0.25) is 0 Å². The molecular formula is C13H17FN2O5S. The Morgan fingerprint density at radius 3 is 2.82 bits per heavy atom. The van der Waals surface area contributed by atoms with Crippen LogP contribution in [0.5, 0.6) is 5.75 Å². The molecule has 1 aromatic rings. The number of hydrogen-bond acceptors (Lipinski definition) is 6. The number of amides is 1. The number of methoxy groups -OCH3 is 1. The van der Waals surface area contributed by atoms with E-state index in [1.807, 2.05) is 0 Å². The molecule has 0 spiro atoms. The predicted octanol–water partition coefficient (Wildman–Crippen LogP) is 1.32. The van der Waals surface area contributed by atoms with Crippen LogP contribution in [0.1, 0.15) is 29.6 Å². The van der Waals surface area contributed by atoms with E-state index in [1.54, 1.807) is 12.0 Å². The summed E-state index contributed by atoms with van der Waals surface area (Å²) in [5.41, 5.74) is 0.150. The van der Waals surface area contributed by atoms with Crippen molar-refractivity contribution in [1.29, 1.82) is 0 Å². The Hall–Kier alpha value is -1.74. The molecule has 9 heteroatoms. The first-order valence-electron chi connectivity index (χ1n) is 6.80. The van der Waals surface area contributed by atoms with Crippen molar-refractivity contribution in [2.45, 2.75) is 25.4 Å². The standard InChI is InChI=1S/C13H17FN2O5S/c1-20-11-3-2-5-16(6-4-11)13(17)10-7-12(9-15-8-10)21-22(14,18)19/h7-9,11H,2-6H2,1H3. The molecule has 1 amide bonds. The second kappa shape index (κ2) is 7.01. The first-order chi connectivity index (χ1) is 10.4. The first-order valence-corrected chi connectivity index (χ1v) is 8.11. The highest BCUT2D eigenvalue weighted by atomic mass is 32.3. The molecule has 22 heavy (non-hydrogen) atoms. The molecule has 0 aliphatic carbocycles. The smallest absolute Gasteiger partial charge is 0.381 e. The molecular weight excluding hydrogens is 315 g/mol. The summed E-state index contributed by atoms with van der Waals surface area (Å²) >= 11 is 0. The molecule has 1 atom stereocenters. The summed E-state index contributed by atoms with van der Waals surface area (Å²) in [6.07, 6.45) is 4.86. The average Bonchev–Trinajstić information content (AvgIpc) is 2.70. The zero-order chi connectivity index (χ0) is 16.2. The molecule has 1 fully saturated rings. The van der Waals surface area contributed by atoms with Gasteiger partial charge < -0.3 is 13.8 Å². The van der Waals surface area contributed by atoms with Crippen molar-refractivity contribution in [2.24, 2.45) is 0 Å². The van der Waals surface area contributed by atoms with Gasteiger partial charge >= 0.3 is 10.5 Å². The minimum absolute atomic E-state index is 0.127. The van der Waals surface area contributed by atoms with Gasteiger partial charge in [-0.25, -0.2) is 0 Å². The van der Waals surface area contributed by atoms with Crippen LogP contribution in [0.2, 0.25) is 0 Å². The zero-order valence-electron chi connectivity index (χ0n) is 12.1. The number of pyridine rings is 1. The number of aromatic nitrogens is 1. The molecule has 1 aliphatic rings. The third-order valence-electron chi connectivity index (χ3n) is 3.45. The van der Waals surface area contributed by atoms with E-state index in [-0.39, 0.29) is 23.3 Å². The maximum atomic E-state index is 12.5. The van der Waals surface area contributed by atoms with E-state index in [4.69, 9.17) is 4.74 Å². The van der Waals surface area contributed by atoms with E-state index in [0.29, 0.717) is 13.1 Å². The summed E-state index contributed by atoms with van der Waals surface area (Å²) in [4.78, 5) is 17.8. The summed E-state index contributed by atoms with van der Waals surface area (Å²) in [7, 11) is -3.50. The Morgan fingerprint density at radius 2 is 2.14 bits per heavy atom. The van der Waals surface area contributed by atoms with Crippen LogP contribution in [0.4, 0.5) is 3.89 Å². The molecule has 0 aromatic carbocycles. The number of nitrogens with zero attached hydrogens (tertiary/aromatic N) is 2. The number of rotatable bonds is 4. The molecule has 2 heterocycles. The van der Waals surface area contributed by atoms with Crippen molar-refractivity contribution in [1.82, 2.24) is 9.88 Å². The van der Waals surface area contributed by atoms with Gasteiger partial charge in [-0.1, -0.05) is 3.89 Å². The van der Waals surface area contributed by atoms with Gasteiger partial charge in [0.05, 0.1) is 17.9 Å². The number of halogens is 1. The van der Waals surface area contributed by atoms with Gasteiger partial charge in [-0.05, 0) is 25.3 Å². The summed E-state index contributed by atoms with van der Waals surface area (Å²) in [6, 6.07) is 1.16. The Labute approximate surface area is 128 Å². The molecule has 1 unspecified atom stereocenters. The molecule has 0 saturated carbocycles. The number of carbonyl (C=O) groups excluding carboxylic acids is 1. The molecule has 1 aliphatic heterocycles. The van der Waals surface area contributed by atoms with Gasteiger partial charge in [0.25, 0.3) is 5.91 Å². The van der Waals surface area contributed by atoms with Crippen molar-refractivity contribution >= 4 is 16.4 Å². The molecule has 7 nitrogen and oxygen atoms in total. The van der Waals surface area contributed by atoms with E-state index < -0.39 is 10.5 Å². The van der Waals surface area contributed by atoms with Crippen LogP contribution in [-0.2, 0) is 15.2 Å². The van der Waals surface area contributed by atoms with Gasteiger partial charge in [-0.2, -0.15) is 8.42 Å². The fourth-order valence-electron chi connectivity index (χ4n) is 2.38. The zero-order valence-corrected chi connectivity index (χ0v) is 12.9. The van der Waals surface area contributed by atoms with Gasteiger partial charge in [-0.15, -0.1) is 0 Å². The van der Waals surface area contributed by atoms with Crippen LogP contribution in [0.15, 0.2) is 18.5 Å². The maximum Gasteiger partial charge on any atom is 0.488 e. The number of ether oxygens (including phenoxy) is 1. The Morgan fingerprint density at radius 1 is 1.36 bits per heavy atom. The Kier molecular flexibility index (Phi) is 5.30. The lowest BCUT2D eigenvalue weighted by atomic mass is 10.2. The molecule has 122 valence electrons. The molecule has 1 saturated heterocycles. The summed E-state index contributed by atoms with van der Waals surface area (Å²) in [5, 5.41) is 0. The van der Waals surface area contributed by atoms with Crippen LogP contribution < -0.4 is 4.18 Å². The number of likely N-dealkylation sites (tertiary alicyclic amines) is 1. The van der Waals surface area contributed by atoms with Crippen molar-refractivity contribution in [3.05, 3.63) is 24.0 Å². The summed E-state index contributed by atoms with van der Waals surface area (Å²) < 4.78 is 42.8. The predicted molar refractivity (Wildman–Crippen MR) is 75.4 cm³/mol. The Bertz CT molecular complexity index is 637. The quantitative estimate of drug-likeness (QED) is 0.773. The van der Waals surface area contributed by atoms with E-state index in [0.717, 1.165) is 31.5 Å². The van der Waals surface area contributed by atoms with Crippen LogP contribution in [0, 0.1) is 0 Å². The van der Waals surface area contributed by atoms with Crippen LogP contribution in [0.3, 0.4) is 0 Å². The highest BCUT2D eigenvalue weighted by Gasteiger charge is 2.22. The van der Waals surface area contributed by atoms with Gasteiger partial charge in [0.1, 0.15) is 0 Å². The van der Waals surface area contributed by atoms with Crippen molar-refractivity contribution < 1.29 is 26.0 Å². The monoisotopic (exact) mass is 332 g/mol.